The number of hydrogen-bond donors (Lipinski definition) is 1. The fraction of sp³-hybridized carbons (Fsp3) is 0.650. The third-order valence-electron chi connectivity index (χ3n) is 4.26. The quantitative estimate of drug-likeness (QED) is 0.578. The summed E-state index contributed by atoms with van der Waals surface area (Å²) >= 11 is 0. The topological polar surface area (TPSA) is 46.1 Å². The zero-order valence-corrected chi connectivity index (χ0v) is 16.0. The molecule has 0 atom stereocenters. The normalized spacial score (nSPS) is 16.1. The van der Waals surface area contributed by atoms with E-state index in [-0.39, 0.29) is 0 Å². The average Bonchev–Trinajstić information content (AvgIpc) is 2.65. The van der Waals surface area contributed by atoms with Crippen molar-refractivity contribution in [2.75, 3.05) is 32.8 Å². The first-order chi connectivity index (χ1) is 12.3. The van der Waals surface area contributed by atoms with E-state index in [1.807, 2.05) is 12.1 Å². The fourth-order valence-electron chi connectivity index (χ4n) is 3.02. The van der Waals surface area contributed by atoms with E-state index in [1.54, 1.807) is 0 Å². The van der Waals surface area contributed by atoms with Crippen molar-refractivity contribution in [1.29, 1.82) is 0 Å². The van der Waals surface area contributed by atoms with Crippen LogP contribution in [0.15, 0.2) is 29.3 Å². The Bertz CT molecular complexity index is 525. The molecule has 1 fully saturated rings. The number of aliphatic imine (C=N–C) groups is 1. The summed E-state index contributed by atoms with van der Waals surface area (Å²) in [4.78, 5) is 7.18. The average molecular weight is 348 g/mol. The summed E-state index contributed by atoms with van der Waals surface area (Å²) in [6, 6.07) is 8.24. The second-order valence-electron chi connectivity index (χ2n) is 6.31. The van der Waals surface area contributed by atoms with Crippen LogP contribution in [0.4, 0.5) is 0 Å². The Morgan fingerprint density at radius 3 is 2.72 bits per heavy atom. The van der Waals surface area contributed by atoms with Gasteiger partial charge in [-0.05, 0) is 50.8 Å². The SMILES string of the molecule is CCCOc1cccc(CN=C(NCC)N2CCC(OCC)CC2)c1. The third-order valence-corrected chi connectivity index (χ3v) is 4.26. The maximum Gasteiger partial charge on any atom is 0.194 e. The van der Waals surface area contributed by atoms with Crippen LogP contribution in [0.1, 0.15) is 45.6 Å². The molecule has 25 heavy (non-hydrogen) atoms. The number of nitrogens with zero attached hydrogens (tertiary/aromatic N) is 2. The molecule has 2 rings (SSSR count). The van der Waals surface area contributed by atoms with Crippen LogP contribution in [-0.4, -0.2) is 49.8 Å². The highest BCUT2D eigenvalue weighted by atomic mass is 16.5. The van der Waals surface area contributed by atoms with E-state index in [0.717, 1.165) is 63.8 Å². The molecule has 1 aromatic carbocycles. The summed E-state index contributed by atoms with van der Waals surface area (Å²) < 4.78 is 11.5. The Kier molecular flexibility index (Phi) is 8.60. The van der Waals surface area contributed by atoms with E-state index >= 15 is 0 Å². The molecule has 1 aromatic rings. The van der Waals surface area contributed by atoms with Crippen LogP contribution in [0, 0.1) is 0 Å². The number of rotatable bonds is 8. The van der Waals surface area contributed by atoms with Gasteiger partial charge >= 0.3 is 0 Å². The lowest BCUT2D eigenvalue weighted by molar-refractivity contribution is 0.0263. The van der Waals surface area contributed by atoms with Crippen molar-refractivity contribution < 1.29 is 9.47 Å². The molecule has 0 aromatic heterocycles. The first-order valence-corrected chi connectivity index (χ1v) is 9.63. The van der Waals surface area contributed by atoms with Gasteiger partial charge in [0.05, 0.1) is 19.3 Å². The highest BCUT2D eigenvalue weighted by molar-refractivity contribution is 5.80. The standard InChI is InChI=1S/C20H33N3O2/c1-4-14-25-19-9-7-8-17(15-19)16-22-20(21-5-2)23-12-10-18(11-13-23)24-6-3/h7-9,15,18H,4-6,10-14,16H2,1-3H3,(H,21,22). The molecule has 0 bridgehead atoms. The number of hydrogen-bond acceptors (Lipinski definition) is 3. The molecule has 1 aliphatic rings. The molecular formula is C20H33N3O2. The van der Waals surface area contributed by atoms with Gasteiger partial charge in [0.25, 0.3) is 0 Å². The molecule has 0 unspecified atom stereocenters. The Morgan fingerprint density at radius 1 is 1.24 bits per heavy atom. The van der Waals surface area contributed by atoms with Crippen molar-refractivity contribution in [2.24, 2.45) is 4.99 Å². The molecular weight excluding hydrogens is 314 g/mol. The van der Waals surface area contributed by atoms with E-state index in [2.05, 4.69) is 43.1 Å². The number of guanidine groups is 1. The minimum absolute atomic E-state index is 0.400. The first kappa shape index (κ1) is 19.6. The summed E-state index contributed by atoms with van der Waals surface area (Å²) in [6.07, 6.45) is 3.55. The number of piperidine rings is 1. The molecule has 1 saturated heterocycles. The van der Waals surface area contributed by atoms with Gasteiger partial charge in [0, 0.05) is 26.2 Å². The second-order valence-corrected chi connectivity index (χ2v) is 6.31. The number of likely N-dealkylation sites (tertiary alicyclic amines) is 1. The maximum atomic E-state index is 5.74. The number of benzene rings is 1. The van der Waals surface area contributed by atoms with E-state index in [1.165, 1.54) is 5.56 Å². The molecule has 1 N–H and O–H groups in total. The van der Waals surface area contributed by atoms with E-state index in [4.69, 9.17) is 14.5 Å². The molecule has 5 heteroatoms. The van der Waals surface area contributed by atoms with Gasteiger partial charge < -0.3 is 19.7 Å². The van der Waals surface area contributed by atoms with Crippen LogP contribution >= 0.6 is 0 Å². The van der Waals surface area contributed by atoms with Gasteiger partial charge in [-0.15, -0.1) is 0 Å². The lowest BCUT2D eigenvalue weighted by Crippen LogP contribution is -2.47. The summed E-state index contributed by atoms with van der Waals surface area (Å²) in [5, 5.41) is 3.42. The van der Waals surface area contributed by atoms with Crippen LogP contribution in [0.3, 0.4) is 0 Å². The molecule has 0 radical (unpaired) electrons. The maximum absolute atomic E-state index is 5.74. The molecule has 140 valence electrons. The summed E-state index contributed by atoms with van der Waals surface area (Å²) in [6.45, 7) is 11.4. The van der Waals surface area contributed by atoms with Crippen molar-refractivity contribution in [3.63, 3.8) is 0 Å². The van der Waals surface area contributed by atoms with Gasteiger partial charge in [-0.1, -0.05) is 19.1 Å². The monoisotopic (exact) mass is 347 g/mol. The van der Waals surface area contributed by atoms with Crippen molar-refractivity contribution in [3.8, 4) is 5.75 Å². The first-order valence-electron chi connectivity index (χ1n) is 9.63. The zero-order chi connectivity index (χ0) is 17.9. The van der Waals surface area contributed by atoms with Crippen molar-refractivity contribution in [3.05, 3.63) is 29.8 Å². The smallest absolute Gasteiger partial charge is 0.194 e. The molecule has 0 saturated carbocycles. The lowest BCUT2D eigenvalue weighted by atomic mass is 10.1. The summed E-state index contributed by atoms with van der Waals surface area (Å²) in [5.41, 5.74) is 1.17. The highest BCUT2D eigenvalue weighted by Crippen LogP contribution is 2.16. The molecule has 0 spiro atoms. The highest BCUT2D eigenvalue weighted by Gasteiger charge is 2.21. The Morgan fingerprint density at radius 2 is 2.04 bits per heavy atom. The fourth-order valence-corrected chi connectivity index (χ4v) is 3.02. The third kappa shape index (κ3) is 6.58. The van der Waals surface area contributed by atoms with Gasteiger partial charge in [0.15, 0.2) is 5.96 Å². The predicted molar refractivity (Wildman–Crippen MR) is 103 cm³/mol. The second kappa shape index (κ2) is 11.0. The van der Waals surface area contributed by atoms with Crippen LogP contribution in [0.5, 0.6) is 5.75 Å². The predicted octanol–water partition coefficient (Wildman–Crippen LogP) is 3.44. The van der Waals surface area contributed by atoms with E-state index < -0.39 is 0 Å². The van der Waals surface area contributed by atoms with Gasteiger partial charge in [0.1, 0.15) is 5.75 Å². The van der Waals surface area contributed by atoms with Gasteiger partial charge in [0.2, 0.25) is 0 Å². The Hall–Kier alpha value is -1.75. The molecule has 5 nitrogen and oxygen atoms in total. The van der Waals surface area contributed by atoms with Crippen LogP contribution < -0.4 is 10.1 Å². The Balaban J connectivity index is 1.95. The van der Waals surface area contributed by atoms with Gasteiger partial charge in [-0.2, -0.15) is 0 Å². The molecule has 1 aliphatic heterocycles. The lowest BCUT2D eigenvalue weighted by Gasteiger charge is -2.34. The molecule has 1 heterocycles. The van der Waals surface area contributed by atoms with Crippen LogP contribution in [-0.2, 0) is 11.3 Å². The van der Waals surface area contributed by atoms with Crippen molar-refractivity contribution in [2.45, 2.75) is 52.7 Å². The zero-order valence-electron chi connectivity index (χ0n) is 16.0. The minimum atomic E-state index is 0.400. The largest absolute Gasteiger partial charge is 0.494 e. The van der Waals surface area contributed by atoms with E-state index in [0.29, 0.717) is 12.6 Å². The molecule has 0 amide bonds. The van der Waals surface area contributed by atoms with Gasteiger partial charge in [-0.3, -0.25) is 0 Å². The number of ether oxygens (including phenoxy) is 2. The van der Waals surface area contributed by atoms with Crippen molar-refractivity contribution >= 4 is 5.96 Å². The number of nitrogens with one attached hydrogen (secondary N) is 1. The minimum Gasteiger partial charge on any atom is -0.494 e. The van der Waals surface area contributed by atoms with E-state index in [9.17, 15) is 0 Å². The van der Waals surface area contributed by atoms with Crippen molar-refractivity contribution in [1.82, 2.24) is 10.2 Å². The van der Waals surface area contributed by atoms with Crippen LogP contribution in [0.25, 0.3) is 0 Å². The van der Waals surface area contributed by atoms with Gasteiger partial charge in [-0.25, -0.2) is 4.99 Å². The summed E-state index contributed by atoms with van der Waals surface area (Å²) in [7, 11) is 0. The summed E-state index contributed by atoms with van der Waals surface area (Å²) in [5.74, 6) is 1.93. The van der Waals surface area contributed by atoms with Crippen LogP contribution in [0.2, 0.25) is 0 Å². The Labute approximate surface area is 152 Å². The molecule has 0 aliphatic carbocycles.